The Morgan fingerprint density at radius 1 is 1.55 bits per heavy atom. The first-order valence-corrected chi connectivity index (χ1v) is 5.84. The third-order valence-corrected chi connectivity index (χ3v) is 2.68. The SMILES string of the molecule is O=C(Nc1cnn(CC(F)(F)F)c1)c1n[nH]c([N+](=O)[O-])c1Cl. The highest BCUT2D eigenvalue weighted by Gasteiger charge is 2.29. The van der Waals surface area contributed by atoms with Gasteiger partial charge < -0.3 is 15.4 Å². The molecule has 2 heterocycles. The molecule has 0 aliphatic rings. The van der Waals surface area contributed by atoms with Gasteiger partial charge in [0.2, 0.25) is 0 Å². The number of hydrogen-bond donors (Lipinski definition) is 2. The summed E-state index contributed by atoms with van der Waals surface area (Å²) in [4.78, 5) is 21.5. The molecule has 2 N–H and O–H groups in total. The van der Waals surface area contributed by atoms with Crippen molar-refractivity contribution in [3.8, 4) is 0 Å². The summed E-state index contributed by atoms with van der Waals surface area (Å²) in [5.74, 6) is -1.60. The summed E-state index contributed by atoms with van der Waals surface area (Å²) in [6, 6.07) is 0. The molecule has 0 fully saturated rings. The molecular formula is C9H6ClF3N6O3. The van der Waals surface area contributed by atoms with Crippen LogP contribution in [-0.2, 0) is 6.54 Å². The Bertz CT molecular complexity index is 724. The first kappa shape index (κ1) is 15.8. The summed E-state index contributed by atoms with van der Waals surface area (Å²) >= 11 is 5.61. The van der Waals surface area contributed by atoms with E-state index in [0.29, 0.717) is 4.68 Å². The van der Waals surface area contributed by atoms with Gasteiger partial charge in [-0.15, -0.1) is 5.10 Å². The van der Waals surface area contributed by atoms with Gasteiger partial charge in [-0.05, 0) is 4.92 Å². The second kappa shape index (κ2) is 5.63. The number of aromatic amines is 1. The van der Waals surface area contributed by atoms with Crippen LogP contribution in [0.4, 0.5) is 24.7 Å². The smallest absolute Gasteiger partial charge is 0.358 e. The lowest BCUT2D eigenvalue weighted by molar-refractivity contribution is -0.389. The topological polar surface area (TPSA) is 119 Å². The first-order chi connectivity index (χ1) is 10.2. The number of halogens is 4. The molecule has 0 aliphatic heterocycles. The van der Waals surface area contributed by atoms with Crippen molar-refractivity contribution >= 4 is 29.0 Å². The van der Waals surface area contributed by atoms with Gasteiger partial charge in [-0.25, -0.2) is 0 Å². The average molecular weight is 339 g/mol. The minimum absolute atomic E-state index is 0.0454. The van der Waals surface area contributed by atoms with Gasteiger partial charge in [0, 0.05) is 6.20 Å². The molecule has 13 heteroatoms. The van der Waals surface area contributed by atoms with Gasteiger partial charge in [0.1, 0.15) is 6.54 Å². The van der Waals surface area contributed by atoms with Crippen LogP contribution in [0.15, 0.2) is 12.4 Å². The molecule has 0 unspecified atom stereocenters. The molecular weight excluding hydrogens is 333 g/mol. The summed E-state index contributed by atoms with van der Waals surface area (Å²) < 4.78 is 37.1. The van der Waals surface area contributed by atoms with Crippen molar-refractivity contribution in [2.45, 2.75) is 12.7 Å². The first-order valence-electron chi connectivity index (χ1n) is 5.46. The van der Waals surface area contributed by atoms with Gasteiger partial charge in [-0.3, -0.25) is 9.48 Å². The van der Waals surface area contributed by atoms with E-state index in [1.165, 1.54) is 0 Å². The summed E-state index contributed by atoms with van der Waals surface area (Å²) in [5.41, 5.74) is -0.507. The zero-order chi connectivity index (χ0) is 16.5. The van der Waals surface area contributed by atoms with Gasteiger partial charge in [-0.2, -0.15) is 18.3 Å². The predicted octanol–water partition coefficient (Wildman–Crippen LogP) is 1.98. The van der Waals surface area contributed by atoms with Crippen molar-refractivity contribution < 1.29 is 22.9 Å². The Morgan fingerprint density at radius 3 is 2.77 bits per heavy atom. The molecule has 0 aromatic carbocycles. The Balaban J connectivity index is 2.11. The van der Waals surface area contributed by atoms with Crippen molar-refractivity contribution in [2.75, 3.05) is 5.32 Å². The standard InChI is InChI=1S/C9H6ClF3N6O3/c10-5-6(16-17-7(5)19(21)22)8(20)15-4-1-14-18(2-4)3-9(11,12)13/h1-2H,3H2,(H,15,20)(H,16,17). The normalized spacial score (nSPS) is 11.5. The largest absolute Gasteiger partial charge is 0.408 e. The molecule has 2 rings (SSSR count). The monoisotopic (exact) mass is 338 g/mol. The number of nitro groups is 1. The maximum absolute atomic E-state index is 12.2. The van der Waals surface area contributed by atoms with Gasteiger partial charge in [0.15, 0.2) is 10.7 Å². The fourth-order valence-electron chi connectivity index (χ4n) is 1.48. The predicted molar refractivity (Wildman–Crippen MR) is 66.5 cm³/mol. The van der Waals surface area contributed by atoms with Crippen LogP contribution in [0.1, 0.15) is 10.5 Å². The van der Waals surface area contributed by atoms with Gasteiger partial charge in [0.25, 0.3) is 5.91 Å². The van der Waals surface area contributed by atoms with Crippen molar-refractivity contribution in [1.82, 2.24) is 20.0 Å². The van der Waals surface area contributed by atoms with E-state index in [-0.39, 0.29) is 5.69 Å². The van der Waals surface area contributed by atoms with Crippen molar-refractivity contribution in [2.24, 2.45) is 0 Å². The number of carbonyl (C=O) groups excluding carboxylic acids is 1. The summed E-state index contributed by atoms with van der Waals surface area (Å²) in [6.45, 7) is -1.32. The number of nitrogens with zero attached hydrogens (tertiary/aromatic N) is 4. The van der Waals surface area contributed by atoms with Crippen LogP contribution in [0.2, 0.25) is 5.02 Å². The molecule has 0 bridgehead atoms. The number of aromatic nitrogens is 4. The molecule has 9 nitrogen and oxygen atoms in total. The average Bonchev–Trinajstić information content (AvgIpc) is 2.93. The zero-order valence-electron chi connectivity index (χ0n) is 10.4. The third kappa shape index (κ3) is 3.52. The quantitative estimate of drug-likeness (QED) is 0.652. The van der Waals surface area contributed by atoms with Crippen LogP contribution in [0.25, 0.3) is 0 Å². The summed E-state index contributed by atoms with van der Waals surface area (Å²) in [7, 11) is 0. The van der Waals surface area contributed by atoms with Gasteiger partial charge in [-0.1, -0.05) is 16.7 Å². The van der Waals surface area contributed by atoms with E-state index in [9.17, 15) is 28.1 Å². The third-order valence-electron chi connectivity index (χ3n) is 2.32. The Hall–Kier alpha value is -2.63. The minimum Gasteiger partial charge on any atom is -0.358 e. The second-order valence-electron chi connectivity index (χ2n) is 3.99. The summed E-state index contributed by atoms with van der Waals surface area (Å²) in [6.07, 6.45) is -2.53. The number of H-pyrrole nitrogens is 1. The van der Waals surface area contributed by atoms with E-state index < -0.39 is 40.1 Å². The second-order valence-corrected chi connectivity index (χ2v) is 4.37. The van der Waals surface area contributed by atoms with Crippen molar-refractivity contribution in [1.29, 1.82) is 0 Å². The minimum atomic E-state index is -4.46. The van der Waals surface area contributed by atoms with Gasteiger partial charge in [0.05, 0.1) is 11.9 Å². The number of carbonyl (C=O) groups is 1. The van der Waals surface area contributed by atoms with E-state index in [2.05, 4.69) is 15.5 Å². The van der Waals surface area contributed by atoms with Crippen LogP contribution >= 0.6 is 11.6 Å². The molecule has 22 heavy (non-hydrogen) atoms. The molecule has 0 radical (unpaired) electrons. The number of anilines is 1. The molecule has 0 saturated carbocycles. The van der Waals surface area contributed by atoms with E-state index >= 15 is 0 Å². The maximum atomic E-state index is 12.2. The van der Waals surface area contributed by atoms with Gasteiger partial charge >= 0.3 is 12.0 Å². The van der Waals surface area contributed by atoms with E-state index in [1.54, 1.807) is 0 Å². The molecule has 0 atom stereocenters. The van der Waals surface area contributed by atoms with Crippen molar-refractivity contribution in [3.05, 3.63) is 33.2 Å². The lowest BCUT2D eigenvalue weighted by Crippen LogP contribution is -2.18. The molecule has 118 valence electrons. The number of amides is 1. The van der Waals surface area contributed by atoms with Crippen molar-refractivity contribution in [3.63, 3.8) is 0 Å². The Labute approximate surface area is 124 Å². The zero-order valence-corrected chi connectivity index (χ0v) is 11.1. The number of alkyl halides is 3. The summed E-state index contributed by atoms with van der Waals surface area (Å²) in [5, 5.41) is 21.0. The maximum Gasteiger partial charge on any atom is 0.408 e. The van der Waals surface area contributed by atoms with E-state index in [4.69, 9.17) is 11.6 Å². The molecule has 0 aliphatic carbocycles. The fourth-order valence-corrected chi connectivity index (χ4v) is 1.72. The highest BCUT2D eigenvalue weighted by atomic mass is 35.5. The van der Waals surface area contributed by atoms with Crippen LogP contribution in [0.3, 0.4) is 0 Å². The highest BCUT2D eigenvalue weighted by Crippen LogP contribution is 2.25. The van der Waals surface area contributed by atoms with E-state index in [0.717, 1.165) is 12.4 Å². The highest BCUT2D eigenvalue weighted by molar-refractivity contribution is 6.35. The van der Waals surface area contributed by atoms with E-state index in [1.807, 2.05) is 5.10 Å². The molecule has 1 amide bonds. The van der Waals surface area contributed by atoms with Crippen LogP contribution < -0.4 is 5.32 Å². The molecule has 0 saturated heterocycles. The van der Waals surface area contributed by atoms with Crippen LogP contribution in [-0.4, -0.2) is 37.0 Å². The fraction of sp³-hybridized carbons (Fsp3) is 0.222. The number of nitrogens with one attached hydrogen (secondary N) is 2. The number of rotatable bonds is 4. The number of hydrogen-bond acceptors (Lipinski definition) is 5. The Morgan fingerprint density at radius 2 is 2.23 bits per heavy atom. The molecule has 2 aromatic heterocycles. The molecule has 0 spiro atoms. The lowest BCUT2D eigenvalue weighted by Gasteiger charge is -2.05. The molecule has 2 aromatic rings. The lowest BCUT2D eigenvalue weighted by atomic mass is 10.4. The van der Waals surface area contributed by atoms with Crippen LogP contribution in [0.5, 0.6) is 0 Å². The Kier molecular flexibility index (Phi) is 4.03. The van der Waals surface area contributed by atoms with Crippen LogP contribution in [0, 0.1) is 10.1 Å².